The molecule has 0 aliphatic heterocycles. The summed E-state index contributed by atoms with van der Waals surface area (Å²) in [6.45, 7) is 0. The van der Waals surface area contributed by atoms with Crippen molar-refractivity contribution in [3.8, 4) is 0 Å². The molecule has 0 spiro atoms. The van der Waals surface area contributed by atoms with E-state index in [4.69, 9.17) is 5.73 Å². The molecule has 1 aromatic carbocycles. The summed E-state index contributed by atoms with van der Waals surface area (Å²) < 4.78 is 59.7. The third-order valence-corrected chi connectivity index (χ3v) is 3.59. The van der Waals surface area contributed by atoms with Crippen LogP contribution in [-0.2, 0) is 20.8 Å². The van der Waals surface area contributed by atoms with E-state index < -0.39 is 33.2 Å². The lowest BCUT2D eigenvalue weighted by molar-refractivity contribution is -0.136. The van der Waals surface area contributed by atoms with Gasteiger partial charge in [0.15, 0.2) is 0 Å². The minimum atomic E-state index is -4.61. The van der Waals surface area contributed by atoms with Gasteiger partial charge in [0.2, 0.25) is 5.91 Å². The van der Waals surface area contributed by atoms with E-state index in [0.29, 0.717) is 0 Å². The third-order valence-electron chi connectivity index (χ3n) is 2.56. The fourth-order valence-corrected chi connectivity index (χ4v) is 2.27. The zero-order valence-corrected chi connectivity index (χ0v) is 12.0. The first-order valence-electron chi connectivity index (χ1n) is 5.93. The van der Waals surface area contributed by atoms with Gasteiger partial charge >= 0.3 is 6.18 Å². The van der Waals surface area contributed by atoms with Crippen molar-refractivity contribution in [3.05, 3.63) is 23.8 Å². The summed E-state index contributed by atoms with van der Waals surface area (Å²) in [6.07, 6.45) is -3.56. The average Bonchev–Trinajstić information content (AvgIpc) is 2.28. The molecule has 21 heavy (non-hydrogen) atoms. The maximum atomic E-state index is 12.6. The molecule has 118 valence electrons. The largest absolute Gasteiger partial charge is 0.418 e. The lowest BCUT2D eigenvalue weighted by atomic mass is 10.1. The molecule has 0 saturated carbocycles. The number of alkyl halides is 3. The first-order chi connectivity index (χ1) is 9.49. The predicted octanol–water partition coefficient (Wildman–Crippen LogP) is 2.05. The van der Waals surface area contributed by atoms with Crippen LogP contribution in [0.15, 0.2) is 18.2 Å². The van der Waals surface area contributed by atoms with Gasteiger partial charge in [-0.25, -0.2) is 8.42 Å². The number of nitrogens with two attached hydrogens (primary N) is 1. The molecule has 0 unspecified atom stereocenters. The Morgan fingerprint density at radius 2 is 1.95 bits per heavy atom. The summed E-state index contributed by atoms with van der Waals surface area (Å²) in [6, 6.07) is 3.04. The number of anilines is 2. The first kappa shape index (κ1) is 17.3. The number of carbonyl (C=O) groups excluding carboxylic acids is 1. The maximum absolute atomic E-state index is 12.6. The second-order valence-electron chi connectivity index (χ2n) is 4.58. The monoisotopic (exact) mass is 324 g/mol. The topological polar surface area (TPSA) is 89.3 Å². The van der Waals surface area contributed by atoms with Gasteiger partial charge in [-0.05, 0) is 24.6 Å². The van der Waals surface area contributed by atoms with Crippen LogP contribution in [0.4, 0.5) is 24.5 Å². The van der Waals surface area contributed by atoms with E-state index in [2.05, 4.69) is 5.32 Å². The maximum Gasteiger partial charge on any atom is 0.418 e. The van der Waals surface area contributed by atoms with Crippen LogP contribution in [-0.4, -0.2) is 26.3 Å². The number of sulfone groups is 1. The van der Waals surface area contributed by atoms with Crippen LogP contribution in [0.3, 0.4) is 0 Å². The lowest BCUT2D eigenvalue weighted by Crippen LogP contribution is -2.15. The molecule has 3 N–H and O–H groups in total. The van der Waals surface area contributed by atoms with Gasteiger partial charge in [0.05, 0.1) is 11.3 Å². The quantitative estimate of drug-likeness (QED) is 0.811. The lowest BCUT2D eigenvalue weighted by Gasteiger charge is -2.12. The van der Waals surface area contributed by atoms with Crippen molar-refractivity contribution < 1.29 is 26.4 Å². The van der Waals surface area contributed by atoms with E-state index in [-0.39, 0.29) is 24.3 Å². The highest BCUT2D eigenvalue weighted by atomic mass is 32.2. The second kappa shape index (κ2) is 6.33. The van der Waals surface area contributed by atoms with Crippen LogP contribution in [0.1, 0.15) is 18.4 Å². The number of halogens is 3. The van der Waals surface area contributed by atoms with Crippen LogP contribution in [0.2, 0.25) is 0 Å². The van der Waals surface area contributed by atoms with Gasteiger partial charge in [-0.2, -0.15) is 13.2 Å². The molecule has 1 aromatic rings. The molecule has 5 nitrogen and oxygen atoms in total. The van der Waals surface area contributed by atoms with E-state index in [9.17, 15) is 26.4 Å². The summed E-state index contributed by atoms with van der Waals surface area (Å²) in [5.74, 6) is -0.716. The highest BCUT2D eigenvalue weighted by Crippen LogP contribution is 2.35. The molecule has 0 aliphatic carbocycles. The van der Waals surface area contributed by atoms with Crippen molar-refractivity contribution >= 4 is 27.1 Å². The van der Waals surface area contributed by atoms with Gasteiger partial charge in [-0.3, -0.25) is 4.79 Å². The van der Waals surface area contributed by atoms with Crippen LogP contribution >= 0.6 is 0 Å². The van der Waals surface area contributed by atoms with Crippen molar-refractivity contribution in [2.75, 3.05) is 23.1 Å². The molecule has 0 atom stereocenters. The van der Waals surface area contributed by atoms with E-state index in [0.717, 1.165) is 18.4 Å². The Balaban J connectivity index is 2.69. The van der Waals surface area contributed by atoms with Gasteiger partial charge in [-0.15, -0.1) is 0 Å². The Kier molecular flexibility index (Phi) is 5.21. The summed E-state index contributed by atoms with van der Waals surface area (Å²) in [5, 5.41) is 2.28. The van der Waals surface area contributed by atoms with Crippen LogP contribution in [0, 0.1) is 0 Å². The van der Waals surface area contributed by atoms with Gasteiger partial charge in [0.25, 0.3) is 0 Å². The van der Waals surface area contributed by atoms with Crippen LogP contribution < -0.4 is 11.1 Å². The van der Waals surface area contributed by atoms with Crippen molar-refractivity contribution in [1.82, 2.24) is 0 Å². The average molecular weight is 324 g/mol. The van der Waals surface area contributed by atoms with Gasteiger partial charge in [-0.1, -0.05) is 0 Å². The highest BCUT2D eigenvalue weighted by Gasteiger charge is 2.33. The molecule has 0 aliphatic rings. The number of nitrogen functional groups attached to an aromatic ring is 1. The zero-order valence-electron chi connectivity index (χ0n) is 11.2. The molecule has 9 heteroatoms. The number of rotatable bonds is 5. The number of benzene rings is 1. The van der Waals surface area contributed by atoms with E-state index in [1.54, 1.807) is 0 Å². The molecule has 0 aromatic heterocycles. The Labute approximate surface area is 120 Å². The minimum Gasteiger partial charge on any atom is -0.398 e. The number of amides is 1. The normalized spacial score (nSPS) is 12.2. The first-order valence-corrected chi connectivity index (χ1v) is 7.99. The fraction of sp³-hybridized carbons (Fsp3) is 0.417. The van der Waals surface area contributed by atoms with Crippen LogP contribution in [0.25, 0.3) is 0 Å². The SMILES string of the molecule is CS(=O)(=O)CCCC(=O)Nc1ccc(N)c(C(F)(F)F)c1. The van der Waals surface area contributed by atoms with Gasteiger partial charge < -0.3 is 11.1 Å². The molecular weight excluding hydrogens is 309 g/mol. The Hall–Kier alpha value is -1.77. The van der Waals surface area contributed by atoms with Crippen molar-refractivity contribution in [1.29, 1.82) is 0 Å². The standard InChI is InChI=1S/C12H15F3N2O3S/c1-21(19,20)6-2-3-11(18)17-8-4-5-10(16)9(7-8)12(13,14)15/h4-5,7H,2-3,6,16H2,1H3,(H,17,18). The van der Waals surface area contributed by atoms with Gasteiger partial charge in [0, 0.05) is 24.1 Å². The van der Waals surface area contributed by atoms with Crippen molar-refractivity contribution in [2.45, 2.75) is 19.0 Å². The third kappa shape index (κ3) is 6.03. The molecule has 0 heterocycles. The number of nitrogens with one attached hydrogen (secondary N) is 1. The fourth-order valence-electron chi connectivity index (χ4n) is 1.60. The van der Waals surface area contributed by atoms with Crippen molar-refractivity contribution in [3.63, 3.8) is 0 Å². The summed E-state index contributed by atoms with van der Waals surface area (Å²) in [4.78, 5) is 11.5. The molecule has 0 bridgehead atoms. The summed E-state index contributed by atoms with van der Waals surface area (Å²) >= 11 is 0. The van der Waals surface area contributed by atoms with Crippen molar-refractivity contribution in [2.24, 2.45) is 0 Å². The number of hydrogen-bond donors (Lipinski definition) is 2. The number of carbonyl (C=O) groups is 1. The van der Waals surface area contributed by atoms with Crippen LogP contribution in [0.5, 0.6) is 0 Å². The van der Waals surface area contributed by atoms with E-state index >= 15 is 0 Å². The highest BCUT2D eigenvalue weighted by molar-refractivity contribution is 7.90. The van der Waals surface area contributed by atoms with E-state index in [1.165, 1.54) is 6.07 Å². The molecule has 0 saturated heterocycles. The molecule has 0 fully saturated rings. The molecular formula is C12H15F3N2O3S. The Morgan fingerprint density at radius 3 is 2.48 bits per heavy atom. The Morgan fingerprint density at radius 1 is 1.33 bits per heavy atom. The summed E-state index contributed by atoms with van der Waals surface area (Å²) in [7, 11) is -3.17. The predicted molar refractivity (Wildman–Crippen MR) is 73.4 cm³/mol. The summed E-state index contributed by atoms with van der Waals surface area (Å²) in [5.41, 5.74) is 3.73. The smallest absolute Gasteiger partial charge is 0.398 e. The molecule has 1 rings (SSSR count). The zero-order chi connectivity index (χ0) is 16.3. The van der Waals surface area contributed by atoms with E-state index in [1.807, 2.05) is 0 Å². The second-order valence-corrected chi connectivity index (χ2v) is 6.84. The minimum absolute atomic E-state index is 0.0409. The number of hydrogen-bond acceptors (Lipinski definition) is 4. The van der Waals surface area contributed by atoms with Gasteiger partial charge in [0.1, 0.15) is 9.84 Å². The molecule has 1 amide bonds. The molecule has 0 radical (unpaired) electrons. The Bertz CT molecular complexity index is 627.